The molecule has 7 atom stereocenters. The van der Waals surface area contributed by atoms with Crippen LogP contribution in [0.3, 0.4) is 0 Å². The first kappa shape index (κ1) is 20.9. The van der Waals surface area contributed by atoms with Gasteiger partial charge in [0.1, 0.15) is 11.8 Å². The second kappa shape index (κ2) is 7.57. The van der Waals surface area contributed by atoms with Crippen LogP contribution in [0.1, 0.15) is 30.6 Å². The Morgan fingerprint density at radius 3 is 2.06 bits per heavy atom. The summed E-state index contributed by atoms with van der Waals surface area (Å²) in [4.78, 5) is 53.3. The number of ketones is 1. The van der Waals surface area contributed by atoms with E-state index in [9.17, 15) is 19.2 Å². The first-order valence-electron chi connectivity index (χ1n) is 11.2. The zero-order valence-corrected chi connectivity index (χ0v) is 18.4. The highest BCUT2D eigenvalue weighted by Gasteiger charge is 2.68. The van der Waals surface area contributed by atoms with E-state index in [1.807, 2.05) is 0 Å². The number of imide groups is 1. The van der Waals surface area contributed by atoms with Crippen LogP contribution in [-0.2, 0) is 19.1 Å². The standard InChI is InChI=1S/C25H27NO6/c1-12(2)22(25(30)32-11-19(27)13-4-6-14(31-3)7-5-13)26-23(28)20-15-8-9-16(18-10-17(15)18)21(20)24(26)29/h4-9,12,15-18,20-22H,10-11H2,1-3H3/t15-,16-,17-,18+,20-,21+,22-/m0/s1. The first-order chi connectivity index (χ1) is 15.3. The third-order valence-electron chi connectivity index (χ3n) is 7.61. The van der Waals surface area contributed by atoms with Crippen molar-refractivity contribution < 1.29 is 28.7 Å². The van der Waals surface area contributed by atoms with E-state index in [2.05, 4.69) is 12.2 Å². The number of ether oxygens (including phenoxy) is 2. The number of nitrogens with zero attached hydrogens (tertiary/aromatic N) is 1. The molecule has 2 saturated carbocycles. The van der Waals surface area contributed by atoms with Crippen LogP contribution >= 0.6 is 0 Å². The number of carbonyl (C=O) groups excluding carboxylic acids is 4. The highest BCUT2D eigenvalue weighted by atomic mass is 16.5. The number of methoxy groups -OCH3 is 1. The molecule has 0 spiro atoms. The summed E-state index contributed by atoms with van der Waals surface area (Å²) in [6.45, 7) is 3.11. The quantitative estimate of drug-likeness (QED) is 0.282. The lowest BCUT2D eigenvalue weighted by atomic mass is 9.63. The molecule has 2 amide bonds. The van der Waals surface area contributed by atoms with Gasteiger partial charge in [-0.05, 0) is 60.3 Å². The van der Waals surface area contributed by atoms with Crippen molar-refractivity contribution in [2.24, 2.45) is 41.4 Å². The Labute approximate surface area is 186 Å². The van der Waals surface area contributed by atoms with E-state index in [4.69, 9.17) is 9.47 Å². The topological polar surface area (TPSA) is 90.0 Å². The minimum absolute atomic E-state index is 0.0944. The molecule has 1 aliphatic heterocycles. The molecular weight excluding hydrogens is 410 g/mol. The molecule has 5 aliphatic rings. The Hall–Kier alpha value is -2.96. The Kier molecular flexibility index (Phi) is 4.95. The third-order valence-corrected chi connectivity index (χ3v) is 7.61. The monoisotopic (exact) mass is 437 g/mol. The van der Waals surface area contributed by atoms with Crippen LogP contribution in [0.25, 0.3) is 0 Å². The number of amides is 2. The molecule has 0 aromatic heterocycles. The number of hydrogen-bond acceptors (Lipinski definition) is 6. The van der Waals surface area contributed by atoms with E-state index in [0.29, 0.717) is 23.1 Å². The number of carbonyl (C=O) groups is 4. The van der Waals surface area contributed by atoms with Crippen molar-refractivity contribution >= 4 is 23.6 Å². The van der Waals surface area contributed by atoms with Gasteiger partial charge in [0, 0.05) is 5.56 Å². The van der Waals surface area contributed by atoms with Crippen molar-refractivity contribution in [1.29, 1.82) is 0 Å². The van der Waals surface area contributed by atoms with Gasteiger partial charge in [0.15, 0.2) is 12.4 Å². The van der Waals surface area contributed by atoms with Gasteiger partial charge < -0.3 is 9.47 Å². The van der Waals surface area contributed by atoms with Gasteiger partial charge in [0.25, 0.3) is 0 Å². The summed E-state index contributed by atoms with van der Waals surface area (Å²) in [7, 11) is 1.53. The summed E-state index contributed by atoms with van der Waals surface area (Å²) in [5.41, 5.74) is 0.390. The molecule has 1 aromatic rings. The molecule has 3 fully saturated rings. The molecule has 7 heteroatoms. The van der Waals surface area contributed by atoms with Gasteiger partial charge in [-0.25, -0.2) is 4.79 Å². The molecule has 2 bridgehead atoms. The Morgan fingerprint density at radius 1 is 1.00 bits per heavy atom. The van der Waals surface area contributed by atoms with Gasteiger partial charge in [-0.3, -0.25) is 19.3 Å². The van der Waals surface area contributed by atoms with Gasteiger partial charge >= 0.3 is 5.97 Å². The average Bonchev–Trinajstić information content (AvgIpc) is 3.58. The smallest absolute Gasteiger partial charge is 0.330 e. The molecule has 6 rings (SSSR count). The van der Waals surface area contributed by atoms with Gasteiger partial charge in [0.05, 0.1) is 18.9 Å². The predicted molar refractivity (Wildman–Crippen MR) is 113 cm³/mol. The summed E-state index contributed by atoms with van der Waals surface area (Å²) >= 11 is 0. The molecule has 0 unspecified atom stereocenters. The van der Waals surface area contributed by atoms with Crippen LogP contribution in [0, 0.1) is 41.4 Å². The van der Waals surface area contributed by atoms with Crippen molar-refractivity contribution in [3.05, 3.63) is 42.0 Å². The molecule has 1 saturated heterocycles. The summed E-state index contributed by atoms with van der Waals surface area (Å²) in [5.74, 6) is -0.862. The summed E-state index contributed by atoms with van der Waals surface area (Å²) in [6.07, 6.45) is 5.29. The predicted octanol–water partition coefficient (Wildman–Crippen LogP) is 2.50. The molecule has 7 nitrogen and oxygen atoms in total. The minimum Gasteiger partial charge on any atom is -0.497 e. The maximum Gasteiger partial charge on any atom is 0.330 e. The zero-order chi connectivity index (χ0) is 22.7. The lowest BCUT2D eigenvalue weighted by Crippen LogP contribution is -2.49. The molecule has 0 radical (unpaired) electrons. The summed E-state index contributed by atoms with van der Waals surface area (Å²) in [5, 5.41) is 0. The van der Waals surface area contributed by atoms with E-state index >= 15 is 0 Å². The number of Topliss-reactive ketones (excluding diaryl/α,β-unsaturated/α-hetero) is 1. The van der Waals surface area contributed by atoms with E-state index in [1.54, 1.807) is 38.1 Å². The number of hydrogen-bond donors (Lipinski definition) is 0. The van der Waals surface area contributed by atoms with Crippen molar-refractivity contribution in [1.82, 2.24) is 4.90 Å². The van der Waals surface area contributed by atoms with E-state index in [0.717, 1.165) is 11.3 Å². The molecule has 1 heterocycles. The Bertz CT molecular complexity index is 976. The molecule has 4 aliphatic carbocycles. The van der Waals surface area contributed by atoms with Crippen LogP contribution in [0.15, 0.2) is 36.4 Å². The zero-order valence-electron chi connectivity index (χ0n) is 18.4. The van der Waals surface area contributed by atoms with Crippen LogP contribution in [0.2, 0.25) is 0 Å². The fourth-order valence-corrected chi connectivity index (χ4v) is 6.01. The lowest BCUT2D eigenvalue weighted by Gasteiger charge is -2.37. The molecule has 32 heavy (non-hydrogen) atoms. The van der Waals surface area contributed by atoms with Gasteiger partial charge in [-0.1, -0.05) is 26.0 Å². The van der Waals surface area contributed by atoms with Gasteiger partial charge in [0.2, 0.25) is 11.8 Å². The van der Waals surface area contributed by atoms with Gasteiger partial charge in [-0.15, -0.1) is 0 Å². The Morgan fingerprint density at radius 2 is 1.56 bits per heavy atom. The number of rotatable bonds is 7. The van der Waals surface area contributed by atoms with Crippen molar-refractivity contribution in [3.63, 3.8) is 0 Å². The minimum atomic E-state index is -1.03. The second-order valence-electron chi connectivity index (χ2n) is 9.65. The second-order valence-corrected chi connectivity index (χ2v) is 9.65. The van der Waals surface area contributed by atoms with Crippen molar-refractivity contribution in [2.75, 3.05) is 13.7 Å². The number of esters is 1. The van der Waals surface area contributed by atoms with Crippen LogP contribution in [0.5, 0.6) is 5.75 Å². The fourth-order valence-electron chi connectivity index (χ4n) is 6.01. The lowest BCUT2D eigenvalue weighted by molar-refractivity contribution is -0.160. The molecule has 168 valence electrons. The maximum atomic E-state index is 13.4. The van der Waals surface area contributed by atoms with Gasteiger partial charge in [-0.2, -0.15) is 0 Å². The average molecular weight is 437 g/mol. The fraction of sp³-hybridized carbons (Fsp3) is 0.520. The van der Waals surface area contributed by atoms with E-state index < -0.39 is 18.6 Å². The highest BCUT2D eigenvalue weighted by Crippen LogP contribution is 2.65. The SMILES string of the molecule is COc1ccc(C(=O)COC(=O)[C@H](C(C)C)N2C(=O)[C@@H]3[C@H]4C=C[C@@H]([C@@H]5C[C@H]45)[C@@H]3C2=O)cc1. The highest BCUT2D eigenvalue weighted by molar-refractivity contribution is 6.09. The van der Waals surface area contributed by atoms with E-state index in [1.165, 1.54) is 7.11 Å². The molecule has 1 aromatic carbocycles. The van der Waals surface area contributed by atoms with Crippen molar-refractivity contribution in [3.8, 4) is 5.75 Å². The normalized spacial score (nSPS) is 32.6. The number of benzene rings is 1. The molecule has 0 N–H and O–H groups in total. The van der Waals surface area contributed by atoms with Crippen LogP contribution in [-0.4, -0.2) is 48.2 Å². The molecular formula is C25H27NO6. The number of likely N-dealkylation sites (tertiary alicyclic amines) is 1. The number of allylic oxidation sites excluding steroid dienone is 2. The van der Waals surface area contributed by atoms with Crippen molar-refractivity contribution in [2.45, 2.75) is 26.3 Å². The third kappa shape index (κ3) is 3.09. The summed E-state index contributed by atoms with van der Waals surface area (Å²) in [6, 6.07) is 5.48. The maximum absolute atomic E-state index is 13.4. The Balaban J connectivity index is 1.30. The largest absolute Gasteiger partial charge is 0.497 e. The summed E-state index contributed by atoms with van der Waals surface area (Å²) < 4.78 is 10.4. The van der Waals surface area contributed by atoms with Crippen LogP contribution in [0.4, 0.5) is 0 Å². The van der Waals surface area contributed by atoms with E-state index in [-0.39, 0.29) is 47.2 Å². The first-order valence-corrected chi connectivity index (χ1v) is 11.2. The van der Waals surface area contributed by atoms with Crippen LogP contribution < -0.4 is 4.74 Å².